The van der Waals surface area contributed by atoms with E-state index >= 15 is 0 Å². The Kier molecular flexibility index (Phi) is 5.39. The first kappa shape index (κ1) is 20.0. The van der Waals surface area contributed by atoms with Crippen LogP contribution in [0.1, 0.15) is 15.2 Å². The zero-order valence-corrected chi connectivity index (χ0v) is 17.3. The van der Waals surface area contributed by atoms with Gasteiger partial charge in [-0.25, -0.2) is 12.8 Å². The molecular formula is C20H19FN2O4S2. The van der Waals surface area contributed by atoms with E-state index in [4.69, 9.17) is 4.74 Å². The van der Waals surface area contributed by atoms with Crippen molar-refractivity contribution in [1.29, 1.82) is 0 Å². The van der Waals surface area contributed by atoms with Crippen LogP contribution in [0.3, 0.4) is 0 Å². The second-order valence-corrected chi connectivity index (χ2v) is 9.73. The third kappa shape index (κ3) is 3.91. The number of hydrogen-bond acceptors (Lipinski definition) is 5. The number of ether oxygens (including phenoxy) is 1. The second-order valence-electron chi connectivity index (χ2n) is 6.71. The molecule has 3 aromatic rings. The molecular weight excluding hydrogens is 415 g/mol. The molecule has 4 rings (SSSR count). The average molecular weight is 435 g/mol. The summed E-state index contributed by atoms with van der Waals surface area (Å²) in [7, 11) is -3.67. The van der Waals surface area contributed by atoms with Gasteiger partial charge in [0.2, 0.25) is 10.0 Å². The molecule has 1 saturated heterocycles. The van der Waals surface area contributed by atoms with Crippen molar-refractivity contribution < 1.29 is 22.3 Å². The van der Waals surface area contributed by atoms with Crippen LogP contribution in [-0.2, 0) is 14.8 Å². The van der Waals surface area contributed by atoms with E-state index in [2.05, 4.69) is 5.32 Å². The van der Waals surface area contributed by atoms with Crippen molar-refractivity contribution in [2.24, 2.45) is 0 Å². The smallest absolute Gasteiger partial charge is 0.265 e. The number of benzene rings is 2. The van der Waals surface area contributed by atoms with Crippen LogP contribution in [0, 0.1) is 12.7 Å². The molecule has 9 heteroatoms. The minimum Gasteiger partial charge on any atom is -0.379 e. The zero-order chi connectivity index (χ0) is 20.6. The Hall–Kier alpha value is -2.33. The van der Waals surface area contributed by atoms with Crippen molar-refractivity contribution in [2.75, 3.05) is 31.6 Å². The number of carbonyl (C=O) groups excluding carboxylic acids is 1. The van der Waals surface area contributed by atoms with E-state index < -0.39 is 15.9 Å². The molecule has 2 aromatic carbocycles. The summed E-state index contributed by atoms with van der Waals surface area (Å²) < 4.78 is 46.9. The maximum atomic E-state index is 13.9. The lowest BCUT2D eigenvalue weighted by molar-refractivity contribution is 0.0730. The number of rotatable bonds is 4. The number of sulfonamides is 1. The Balaban J connectivity index is 1.62. The largest absolute Gasteiger partial charge is 0.379 e. The highest BCUT2D eigenvalue weighted by Gasteiger charge is 2.27. The number of fused-ring (bicyclic) bond motifs is 1. The summed E-state index contributed by atoms with van der Waals surface area (Å²) in [5, 5.41) is 3.16. The maximum Gasteiger partial charge on any atom is 0.265 e. The molecule has 152 valence electrons. The Bertz CT molecular complexity index is 1180. The van der Waals surface area contributed by atoms with Gasteiger partial charge in [-0.05, 0) is 42.8 Å². The minimum absolute atomic E-state index is 0.114. The number of nitrogens with one attached hydrogen (secondary N) is 1. The van der Waals surface area contributed by atoms with Gasteiger partial charge < -0.3 is 10.1 Å². The first-order valence-corrected chi connectivity index (χ1v) is 11.3. The van der Waals surface area contributed by atoms with Crippen molar-refractivity contribution in [3.05, 3.63) is 58.7 Å². The Labute approximate surface area is 172 Å². The van der Waals surface area contributed by atoms with E-state index in [1.54, 1.807) is 25.1 Å². The lowest BCUT2D eigenvalue weighted by Crippen LogP contribution is -2.40. The van der Waals surface area contributed by atoms with Crippen LogP contribution in [-0.4, -0.2) is 44.9 Å². The predicted octanol–water partition coefficient (Wildman–Crippen LogP) is 3.62. The number of nitrogens with zero attached hydrogens (tertiary/aromatic N) is 1. The van der Waals surface area contributed by atoms with Crippen LogP contribution in [0.25, 0.3) is 10.1 Å². The van der Waals surface area contributed by atoms with E-state index in [9.17, 15) is 17.6 Å². The predicted molar refractivity (Wildman–Crippen MR) is 110 cm³/mol. The number of carbonyl (C=O) groups is 1. The van der Waals surface area contributed by atoms with Gasteiger partial charge in [-0.2, -0.15) is 4.31 Å². The van der Waals surface area contributed by atoms with Gasteiger partial charge in [0, 0.05) is 28.9 Å². The third-order valence-electron chi connectivity index (χ3n) is 4.80. The number of morpholine rings is 1. The highest BCUT2D eigenvalue weighted by Crippen LogP contribution is 2.29. The molecule has 2 heterocycles. The lowest BCUT2D eigenvalue weighted by Gasteiger charge is -2.26. The van der Waals surface area contributed by atoms with E-state index in [0.29, 0.717) is 47.0 Å². The molecule has 0 aliphatic carbocycles. The fraction of sp³-hybridized carbons (Fsp3) is 0.250. The van der Waals surface area contributed by atoms with Crippen molar-refractivity contribution in [3.8, 4) is 0 Å². The van der Waals surface area contributed by atoms with Crippen LogP contribution in [0.2, 0.25) is 0 Å². The first-order chi connectivity index (χ1) is 13.9. The molecule has 1 amide bonds. The number of amides is 1. The number of hydrogen-bond donors (Lipinski definition) is 1. The summed E-state index contributed by atoms with van der Waals surface area (Å²) in [6.45, 7) is 3.09. The molecule has 1 aliphatic heterocycles. The summed E-state index contributed by atoms with van der Waals surface area (Å²) in [6, 6.07) is 10.9. The highest BCUT2D eigenvalue weighted by atomic mass is 32.2. The van der Waals surface area contributed by atoms with Crippen LogP contribution >= 0.6 is 11.3 Å². The van der Waals surface area contributed by atoms with Crippen LogP contribution in [0.5, 0.6) is 0 Å². The monoisotopic (exact) mass is 434 g/mol. The summed E-state index contributed by atoms with van der Waals surface area (Å²) in [6.07, 6.45) is 0. The number of thiophene rings is 1. The van der Waals surface area contributed by atoms with Crippen molar-refractivity contribution in [2.45, 2.75) is 11.8 Å². The fourth-order valence-electron chi connectivity index (χ4n) is 3.15. The standard InChI is InChI=1S/C20H19FN2O4S2/c1-13-5-6-14(29(25,26)23-7-9-27-10-8-23)11-17(13)22-20(24)19-12-15-16(21)3-2-4-18(15)28-19/h2-6,11-12H,7-10H2,1H3,(H,22,24). The summed E-state index contributed by atoms with van der Waals surface area (Å²) in [5.41, 5.74) is 1.13. The van der Waals surface area contributed by atoms with Gasteiger partial charge in [0.25, 0.3) is 5.91 Å². The van der Waals surface area contributed by atoms with Crippen molar-refractivity contribution in [1.82, 2.24) is 4.31 Å². The van der Waals surface area contributed by atoms with Crippen molar-refractivity contribution in [3.63, 3.8) is 0 Å². The van der Waals surface area contributed by atoms with Crippen LogP contribution in [0.15, 0.2) is 47.4 Å². The van der Waals surface area contributed by atoms with Gasteiger partial charge in [-0.15, -0.1) is 11.3 Å². The van der Waals surface area contributed by atoms with Gasteiger partial charge in [-0.3, -0.25) is 4.79 Å². The molecule has 29 heavy (non-hydrogen) atoms. The quantitative estimate of drug-likeness (QED) is 0.681. The van der Waals surface area contributed by atoms with Gasteiger partial charge in [0.05, 0.1) is 23.0 Å². The van der Waals surface area contributed by atoms with Gasteiger partial charge in [0.1, 0.15) is 5.82 Å². The molecule has 1 aliphatic rings. The Morgan fingerprint density at radius 3 is 2.66 bits per heavy atom. The topological polar surface area (TPSA) is 75.7 Å². The summed E-state index contributed by atoms with van der Waals surface area (Å²) in [4.78, 5) is 13.2. The molecule has 1 N–H and O–H groups in total. The molecule has 0 atom stereocenters. The van der Waals surface area contributed by atoms with Crippen molar-refractivity contribution >= 4 is 43.0 Å². The number of anilines is 1. The molecule has 6 nitrogen and oxygen atoms in total. The number of aryl methyl sites for hydroxylation is 1. The Morgan fingerprint density at radius 2 is 1.93 bits per heavy atom. The lowest BCUT2D eigenvalue weighted by atomic mass is 10.2. The van der Waals surface area contributed by atoms with E-state index in [1.165, 1.54) is 39.9 Å². The molecule has 0 spiro atoms. The maximum absolute atomic E-state index is 13.9. The van der Waals surface area contributed by atoms with Gasteiger partial charge in [-0.1, -0.05) is 12.1 Å². The molecule has 0 radical (unpaired) electrons. The average Bonchev–Trinajstić information content (AvgIpc) is 3.16. The van der Waals surface area contributed by atoms with E-state index in [1.807, 2.05) is 0 Å². The van der Waals surface area contributed by atoms with E-state index in [0.717, 1.165) is 5.56 Å². The van der Waals surface area contributed by atoms with E-state index in [-0.39, 0.29) is 10.7 Å². The third-order valence-corrected chi connectivity index (χ3v) is 7.79. The van der Waals surface area contributed by atoms with Gasteiger partial charge >= 0.3 is 0 Å². The fourth-order valence-corrected chi connectivity index (χ4v) is 5.56. The minimum atomic E-state index is -3.67. The van der Waals surface area contributed by atoms with Crippen LogP contribution < -0.4 is 5.32 Å². The first-order valence-electron chi connectivity index (χ1n) is 9.04. The summed E-state index contributed by atoms with van der Waals surface area (Å²) in [5.74, 6) is -0.790. The normalized spacial score (nSPS) is 15.5. The molecule has 1 aromatic heterocycles. The summed E-state index contributed by atoms with van der Waals surface area (Å²) >= 11 is 1.18. The molecule has 1 fully saturated rings. The highest BCUT2D eigenvalue weighted by molar-refractivity contribution is 7.89. The zero-order valence-electron chi connectivity index (χ0n) is 15.6. The molecule has 0 unspecified atom stereocenters. The Morgan fingerprint density at radius 1 is 1.17 bits per heavy atom. The van der Waals surface area contributed by atoms with Crippen LogP contribution in [0.4, 0.5) is 10.1 Å². The number of halogens is 1. The SMILES string of the molecule is Cc1ccc(S(=O)(=O)N2CCOCC2)cc1NC(=O)c1cc2c(F)cccc2s1. The van der Waals surface area contributed by atoms with Gasteiger partial charge in [0.15, 0.2) is 0 Å². The molecule has 0 saturated carbocycles. The second kappa shape index (κ2) is 7.83. The molecule has 0 bridgehead atoms.